The first kappa shape index (κ1) is 114. The number of rotatable bonds is 7. The number of para-hydroxylation sites is 3. The zero-order chi connectivity index (χ0) is 97.8. The summed E-state index contributed by atoms with van der Waals surface area (Å²) >= 11 is 0. The molecule has 4 N–H and O–H groups in total. The van der Waals surface area contributed by atoms with Crippen LogP contribution < -0.4 is 29.9 Å². The van der Waals surface area contributed by atoms with Crippen molar-refractivity contribution < 1.29 is 160 Å². The number of aromatic nitrogens is 15. The molecule has 6 radical (unpaired) electrons. The van der Waals surface area contributed by atoms with Crippen LogP contribution in [-0.2, 0) is 140 Å². The minimum Gasteiger partial charge on any atom is -0.663 e. The fraction of sp³-hybridized carbons (Fsp3) is 0.0948. The number of pyridine rings is 3. The van der Waals surface area contributed by atoms with Gasteiger partial charge in [0.05, 0.1) is 39.6 Å². The smallest absolute Gasteiger partial charge is 0.158 e. The van der Waals surface area contributed by atoms with Crippen LogP contribution in [0.25, 0.3) is 197 Å². The van der Waals surface area contributed by atoms with Gasteiger partial charge in [0.2, 0.25) is 0 Å². The number of carbonyl (C=O) groups excluding carboxylic acids is 4. The summed E-state index contributed by atoms with van der Waals surface area (Å²) in [6.45, 7) is 17.6. The Balaban J connectivity index is 0.000000183. The van der Waals surface area contributed by atoms with Gasteiger partial charge >= 0.3 is 0 Å². The number of benzene rings is 12. The van der Waals surface area contributed by atoms with E-state index < -0.39 is 0 Å². The topological polar surface area (TPSA) is 350 Å². The standard InChI is InChI=1S/3C17H12N3.3C15H9N2.4C5H8O2.6Ir/c3*1-11-7-8-13-12-5-2-3-6-14(12)20-16(13)15(11)17-18-9-4-10-19-17;3*1-2-11-5-3-10-4-6-12-7-9-17-15(12)13(10)14(11)16-8-1;4*1-4(6)3-5(2)7;;;;;;/h3*2-10H,1H3;3*1-9H;4*3,6H,1-2H3;;;;;;/q6*-1;;;;;;;;;;. The second-order valence-corrected chi connectivity index (χ2v) is 32.7. The van der Waals surface area contributed by atoms with E-state index in [1.54, 1.807) is 37.2 Å². The van der Waals surface area contributed by atoms with Gasteiger partial charge < -0.3 is 50.3 Å². The summed E-state index contributed by atoms with van der Waals surface area (Å²) in [7, 11) is 0. The van der Waals surface area contributed by atoms with Gasteiger partial charge in [-0.1, -0.05) is 218 Å². The van der Waals surface area contributed by atoms with Crippen molar-refractivity contribution in [1.29, 1.82) is 0 Å². The Kier molecular flexibility index (Phi) is 42.4. The van der Waals surface area contributed by atoms with E-state index in [9.17, 15) is 19.2 Å². The number of aryl methyl sites for hydroxylation is 3. The summed E-state index contributed by atoms with van der Waals surface area (Å²) in [5.41, 5.74) is 18.8. The monoisotopic (exact) mass is 2980 g/mol. The van der Waals surface area contributed by atoms with Crippen molar-refractivity contribution in [2.24, 2.45) is 0 Å². The van der Waals surface area contributed by atoms with Crippen molar-refractivity contribution in [2.75, 3.05) is 0 Å². The van der Waals surface area contributed by atoms with Crippen molar-refractivity contribution in [3.63, 3.8) is 0 Å². The number of hydrogen-bond acceptors (Lipinski definition) is 17. The molecule has 145 heavy (non-hydrogen) atoms. The Morgan fingerprint density at radius 3 is 0.676 bits per heavy atom. The first-order valence-electron chi connectivity index (χ1n) is 44.6. The van der Waals surface area contributed by atoms with E-state index >= 15 is 0 Å². The third kappa shape index (κ3) is 28.0. The van der Waals surface area contributed by atoms with E-state index in [2.05, 4.69) is 226 Å². The number of fused-ring (bicyclic) bond motifs is 24. The number of aliphatic hydroxyl groups is 4. The largest absolute Gasteiger partial charge is 0.663 e. The molecular formula is C116H95Ir6N15O8-6. The quantitative estimate of drug-likeness (QED) is 0.0654. The SMILES string of the molecule is CC(=O)C=C(C)O.CC(=O)C=C(C)O.CC(=O)C=C(C)O.CC(=O)C=C(C)O.Cc1ccc2c([n-]c3ccccc32)c1-c1ncccn1.Cc1ccc2c([n-]c3ccccc32)c1-c1ncccn1.Cc1ccc2c([n-]c3ccccc32)c1-c1ncccn1.[Ir].[Ir].[Ir].[Ir].[Ir].[Ir].c1cnc2c(c1)ccc1ccc3cc[n-]c3c12.c1cnc2c(c1)ccc1ccc3cc[n-]c3c12.c1cnc2c(c1)ccc1ccc3cc[n-]c3c12. The van der Waals surface area contributed by atoms with E-state index in [-0.39, 0.29) is 167 Å². The van der Waals surface area contributed by atoms with Gasteiger partial charge in [0, 0.05) is 234 Å². The first-order chi connectivity index (χ1) is 67.3. The molecule has 0 saturated heterocycles. The molecule has 12 heterocycles. The molecule has 23 nitrogen and oxygen atoms in total. The predicted molar refractivity (Wildman–Crippen MR) is 560 cm³/mol. The van der Waals surface area contributed by atoms with Gasteiger partial charge in [-0.15, -0.1) is 49.7 Å². The molecule has 0 amide bonds. The minimum absolute atomic E-state index is 0. The second kappa shape index (κ2) is 53.8. The molecule has 0 aliphatic heterocycles. The first-order valence-corrected chi connectivity index (χ1v) is 44.6. The second-order valence-electron chi connectivity index (χ2n) is 32.7. The Morgan fingerprint density at radius 2 is 0.448 bits per heavy atom. The van der Waals surface area contributed by atoms with Crippen molar-refractivity contribution in [3.05, 3.63) is 393 Å². The van der Waals surface area contributed by atoms with Crippen molar-refractivity contribution in [1.82, 2.24) is 74.8 Å². The predicted octanol–water partition coefficient (Wildman–Crippen LogP) is 25.8. The van der Waals surface area contributed by atoms with Crippen LogP contribution in [0.5, 0.6) is 0 Å². The average Bonchev–Trinajstić information content (AvgIpc) is 1.58. The Bertz CT molecular complexity index is 7940. The number of ketones is 4. The number of nitrogens with zero attached hydrogens (tertiary/aromatic N) is 15. The van der Waals surface area contributed by atoms with E-state index in [0.29, 0.717) is 0 Å². The molecule has 0 spiro atoms. The molecule has 0 fully saturated rings. The fourth-order valence-electron chi connectivity index (χ4n) is 16.4. The Hall–Kier alpha value is -14.4. The van der Waals surface area contributed by atoms with Crippen LogP contribution in [0.4, 0.5) is 0 Å². The van der Waals surface area contributed by atoms with Gasteiger partial charge in [0.15, 0.2) is 40.6 Å². The third-order valence-corrected chi connectivity index (χ3v) is 22.1. The maximum atomic E-state index is 10.0. The van der Waals surface area contributed by atoms with E-state index in [0.717, 1.165) is 166 Å². The molecule has 29 heteroatoms. The molecular weight excluding hydrogens is 2880 g/mol. The molecule has 0 aliphatic carbocycles. The van der Waals surface area contributed by atoms with Crippen LogP contribution in [0, 0.1) is 20.8 Å². The van der Waals surface area contributed by atoms with Crippen LogP contribution in [0.1, 0.15) is 72.1 Å². The number of aliphatic hydroxyl groups excluding tert-OH is 4. The van der Waals surface area contributed by atoms with E-state index in [1.165, 1.54) is 128 Å². The van der Waals surface area contributed by atoms with Gasteiger partial charge in [-0.2, -0.15) is 18.6 Å². The molecule has 12 aromatic carbocycles. The van der Waals surface area contributed by atoms with Gasteiger partial charge in [-0.3, -0.25) is 34.1 Å². The van der Waals surface area contributed by atoms with Gasteiger partial charge in [-0.25, -0.2) is 29.9 Å². The molecule has 24 aromatic rings. The van der Waals surface area contributed by atoms with E-state index in [1.807, 2.05) is 146 Å². The molecule has 0 bridgehead atoms. The minimum atomic E-state index is -0.125. The van der Waals surface area contributed by atoms with Gasteiger partial charge in [-0.05, 0) is 210 Å². The van der Waals surface area contributed by atoms with Crippen LogP contribution >= 0.6 is 0 Å². The van der Waals surface area contributed by atoms with Crippen molar-refractivity contribution >= 4 is 186 Å². The number of carbonyl (C=O) groups is 4. The third-order valence-electron chi connectivity index (χ3n) is 22.1. The fourth-order valence-corrected chi connectivity index (χ4v) is 16.4. The summed E-state index contributed by atoms with van der Waals surface area (Å²) in [5, 5.41) is 54.6. The zero-order valence-corrected chi connectivity index (χ0v) is 94.5. The Morgan fingerprint density at radius 1 is 0.228 bits per heavy atom. The van der Waals surface area contributed by atoms with Crippen molar-refractivity contribution in [2.45, 2.75) is 76.2 Å². The molecule has 12 aromatic heterocycles. The van der Waals surface area contributed by atoms with Gasteiger partial charge in [0.25, 0.3) is 0 Å². The van der Waals surface area contributed by atoms with Crippen LogP contribution in [0.2, 0.25) is 0 Å². The maximum Gasteiger partial charge on any atom is 0.158 e. The molecule has 0 unspecified atom stereocenters. The summed E-state index contributed by atoms with van der Waals surface area (Å²) in [5.74, 6) is 1.95. The van der Waals surface area contributed by atoms with Crippen LogP contribution in [0.15, 0.2) is 376 Å². The molecule has 24 rings (SSSR count). The van der Waals surface area contributed by atoms with E-state index in [4.69, 9.17) is 35.4 Å². The summed E-state index contributed by atoms with van der Waals surface area (Å²) in [6, 6.07) is 86.6. The van der Waals surface area contributed by atoms with Crippen LogP contribution in [0.3, 0.4) is 0 Å². The summed E-state index contributed by atoms with van der Waals surface area (Å²) in [4.78, 5) is 108. The summed E-state index contributed by atoms with van der Waals surface area (Å²) < 4.78 is 0. The van der Waals surface area contributed by atoms with Gasteiger partial charge in [0.1, 0.15) is 0 Å². The molecule has 742 valence electrons. The summed E-state index contributed by atoms with van der Waals surface area (Å²) in [6.07, 6.45) is 26.3. The molecule has 0 aliphatic rings. The average molecular weight is 2980 g/mol. The molecule has 0 saturated carbocycles. The normalized spacial score (nSPS) is 10.9. The van der Waals surface area contributed by atoms with Crippen LogP contribution in [-0.4, -0.2) is 88.4 Å². The van der Waals surface area contributed by atoms with Crippen molar-refractivity contribution in [3.8, 4) is 34.2 Å². The number of allylic oxidation sites excluding steroid dienone is 8. The number of hydrogen-bond donors (Lipinski definition) is 4. The zero-order valence-electron chi connectivity index (χ0n) is 80.1. The maximum absolute atomic E-state index is 10.0. The Labute approximate surface area is 916 Å². The molecule has 0 atom stereocenters.